The van der Waals surface area contributed by atoms with Crippen molar-refractivity contribution in [3.05, 3.63) is 454 Å². The molecule has 0 saturated carbocycles. The van der Waals surface area contributed by atoms with Crippen molar-refractivity contribution in [2.75, 3.05) is 0 Å². The number of fused-ring (bicyclic) bond motifs is 40. The third-order valence-electron chi connectivity index (χ3n) is 29.2. The van der Waals surface area contributed by atoms with Crippen molar-refractivity contribution in [1.82, 2.24) is 67.3 Å². The van der Waals surface area contributed by atoms with E-state index in [1.165, 1.54) is 11.1 Å². The number of aryl methyl sites for hydroxylation is 4. The van der Waals surface area contributed by atoms with Gasteiger partial charge in [-0.15, -0.1) is 93.0 Å². The van der Waals surface area contributed by atoms with Crippen LogP contribution in [0.25, 0.3) is 114 Å². The van der Waals surface area contributed by atoms with E-state index in [9.17, 15) is 0 Å². The van der Waals surface area contributed by atoms with Crippen molar-refractivity contribution < 1.29 is 93.1 Å². The predicted molar refractivity (Wildman–Crippen MR) is 554 cm³/mol. The van der Waals surface area contributed by atoms with Gasteiger partial charge in [0.15, 0.2) is 34.9 Å². The van der Waals surface area contributed by atoms with E-state index in [0.717, 1.165) is 192 Å². The number of benzene rings is 12. The molecule has 0 atom stereocenters. The summed E-state index contributed by atoms with van der Waals surface area (Å²) in [5.74, 6) is 5.72. The Morgan fingerprint density at radius 1 is 0.208 bits per heavy atom. The number of para-hydroxylation sites is 4. The molecule has 0 radical (unpaired) electrons. The maximum Gasteiger partial charge on any atom is 2.00 e. The molecule has 8 aromatic heterocycles. The van der Waals surface area contributed by atoms with Crippen LogP contribution in [0, 0.1) is 62.4 Å². The Kier molecular flexibility index (Phi) is 27.9. The second-order valence-corrected chi connectivity index (χ2v) is 41.5. The van der Waals surface area contributed by atoms with Gasteiger partial charge in [-0.05, 0) is 61.4 Å². The summed E-state index contributed by atoms with van der Waals surface area (Å²) in [5.41, 5.74) is 27.9. The summed E-state index contributed by atoms with van der Waals surface area (Å²) in [7, 11) is 4.08. The molecule has 24 rings (SSSR count). The van der Waals surface area contributed by atoms with Crippen LogP contribution in [0.15, 0.2) is 313 Å². The van der Waals surface area contributed by atoms with Gasteiger partial charge >= 0.3 is 84.3 Å². The average Bonchev–Trinajstić information content (AvgIpc) is 1.59. The molecule has 728 valence electrons. The van der Waals surface area contributed by atoms with Crippen molar-refractivity contribution in [3.8, 4) is 114 Å². The van der Waals surface area contributed by atoms with Crippen LogP contribution >= 0.6 is 0 Å². The summed E-state index contributed by atoms with van der Waals surface area (Å²) < 4.78 is 24.4. The predicted octanol–water partition coefficient (Wildman–Crippen LogP) is 27.1. The van der Waals surface area contributed by atoms with Crippen LogP contribution in [0.3, 0.4) is 0 Å². The minimum Gasteiger partial charge on any atom is -0.441 e. The average molecular weight is 2610 g/mol. The topological polar surface area (TPSA) is 159 Å². The van der Waals surface area contributed by atoms with Crippen LogP contribution < -0.4 is 0 Å². The van der Waals surface area contributed by atoms with E-state index in [-0.39, 0.29) is 106 Å². The smallest absolute Gasteiger partial charge is 0.441 e. The van der Waals surface area contributed by atoms with E-state index in [4.69, 9.17) is 38.7 Å². The van der Waals surface area contributed by atoms with Crippen LogP contribution in [0.4, 0.5) is 0 Å². The molecule has 0 saturated heterocycles. The van der Waals surface area contributed by atoms with Gasteiger partial charge in [0, 0.05) is 106 Å². The molecule has 20 aromatic rings. The van der Waals surface area contributed by atoms with E-state index in [0.29, 0.717) is 11.8 Å². The first kappa shape index (κ1) is 103. The summed E-state index contributed by atoms with van der Waals surface area (Å²) in [6.45, 7) is 39.3. The van der Waals surface area contributed by atoms with Crippen LogP contribution in [-0.2, 0) is 142 Å². The standard InChI is InChI=1S/C38H34N4.C36H30N4.C26H26N4.C24H20N2O2.4Pt/c1-25-13-7-9-19-31(25)41-23-33-37(3,4)29-17-11-15-27(21-29)28-16-12-18-30(22-28)38(5,6)34-24-42(36(40-34)35(41)39-33)32-20-10-8-14-26(32)2;1-35(2)27-15-11-13-25(21-27)26-14-12-16-28(22-26)36(3,4)32-24-40(30-19-9-6-10-20-30)34(38-32)33-37-31(35)23-39(33)29-17-7-5-8-18-29;1-25(2)19-11-7-9-17(13-19)18-10-8-12-20(14-18)26(3,4)22-16-30(6)24(28-22)23-27-21(25)15-29(23)5;1-23(2)17-9-5-7-15(11-17)16-8-6-10-18(12-16)24(3,4)20-14-28-22(26-20)21-25-19(23)13-27-21;;;;/h7-20,23-24H,1-6H3;5-20,23-24H,1-4H3;7-12,15-16H,1-6H3;5-10,13-14H,1-4H3;;;;/q4*-2;4*+2. The van der Waals surface area contributed by atoms with Gasteiger partial charge < -0.3 is 18.0 Å². The molecule has 0 N–H and O–H groups in total. The first-order valence-electron chi connectivity index (χ1n) is 47.9. The van der Waals surface area contributed by atoms with Crippen molar-refractivity contribution in [2.24, 2.45) is 14.1 Å². The van der Waals surface area contributed by atoms with Gasteiger partial charge in [0.05, 0.1) is 56.9 Å². The second kappa shape index (κ2) is 39.2. The Balaban J connectivity index is 0.000000132. The van der Waals surface area contributed by atoms with Gasteiger partial charge in [-0.3, -0.25) is 18.3 Å². The Morgan fingerprint density at radius 3 is 0.653 bits per heavy atom. The number of aromatic nitrogens is 14. The molecule has 144 heavy (non-hydrogen) atoms. The molecular weight excluding hydrogens is 2500 g/mol. The van der Waals surface area contributed by atoms with Crippen LogP contribution in [0.1, 0.15) is 212 Å². The maximum atomic E-state index is 5.72. The zero-order valence-corrected chi connectivity index (χ0v) is 93.3. The summed E-state index contributed by atoms with van der Waals surface area (Å²) in [4.78, 5) is 40.9. The first-order valence-corrected chi connectivity index (χ1v) is 47.9. The number of nitrogens with zero attached hydrogens (tertiary/aromatic N) is 14. The first-order chi connectivity index (χ1) is 67.0. The van der Waals surface area contributed by atoms with E-state index in [1.807, 2.05) is 26.2 Å². The molecule has 32 bridgehead atoms. The SMILES string of the molecule is CC1(C)c2[c-]c(ccc2)-c2[c-]c(ccc2)C(C)(C)c2cn(-c3ccccc3)c(n2)-c2nc1cn2-c1ccccc1.CC1(C)c2[c-]c(ccc2)-c2[c-]c(ccc2)C(C)(C)c2coc(n2)-c2nc1co2.Cc1ccccc1-n1cc2nc1-c1nc(cn1-c1ccccc1C)C(C)(C)c1[c-]c(ccc1)-c1[c-]c(ccc1)C2(C)C.Cn1cc2nc1-c1nc(cn1C)C(C)(C)c1[c-]c(ccc1)-c1[c-]c(ccc1)C2(C)C.[Pt+2].[Pt+2].[Pt+2].[Pt+2]. The maximum absolute atomic E-state index is 5.72. The van der Waals surface area contributed by atoms with Gasteiger partial charge in [0.25, 0.3) is 11.8 Å². The van der Waals surface area contributed by atoms with Gasteiger partial charge in [-0.2, -0.15) is 146 Å². The quantitative estimate of drug-likeness (QED) is 0.155. The van der Waals surface area contributed by atoms with Crippen LogP contribution in [0.5, 0.6) is 0 Å². The molecule has 0 fully saturated rings. The van der Waals surface area contributed by atoms with Gasteiger partial charge in [-0.1, -0.05) is 184 Å². The largest absolute Gasteiger partial charge is 2.00 e. The van der Waals surface area contributed by atoms with Crippen molar-refractivity contribution in [2.45, 2.75) is 168 Å². The molecule has 12 heterocycles. The molecule has 0 spiro atoms. The molecule has 16 nitrogen and oxygen atoms in total. The number of hydrogen-bond acceptors (Lipinski definition) is 10. The number of oxazole rings is 2. The molecule has 4 aliphatic heterocycles. The summed E-state index contributed by atoms with van der Waals surface area (Å²) >= 11 is 0. The Morgan fingerprint density at radius 2 is 0.410 bits per heavy atom. The van der Waals surface area contributed by atoms with Crippen LogP contribution in [0.2, 0.25) is 0 Å². The summed E-state index contributed by atoms with van der Waals surface area (Å²) in [6, 6.07) is 118. The normalized spacial score (nSPS) is 15.0. The van der Waals surface area contributed by atoms with E-state index in [2.05, 4.69) is 490 Å². The van der Waals surface area contributed by atoms with Crippen LogP contribution in [-0.4, -0.2) is 67.3 Å². The minimum atomic E-state index is -0.414. The Labute approximate surface area is 902 Å². The third-order valence-corrected chi connectivity index (χ3v) is 29.2. The Bertz CT molecular complexity index is 7690. The molecule has 20 heteroatoms. The summed E-state index contributed by atoms with van der Waals surface area (Å²) in [5, 5.41) is 0. The van der Waals surface area contributed by atoms with Crippen molar-refractivity contribution in [1.29, 1.82) is 0 Å². The van der Waals surface area contributed by atoms with Crippen molar-refractivity contribution in [3.63, 3.8) is 0 Å². The fourth-order valence-corrected chi connectivity index (χ4v) is 19.3. The molecule has 12 aromatic carbocycles. The van der Waals surface area contributed by atoms with E-state index in [1.54, 1.807) is 12.5 Å². The van der Waals surface area contributed by atoms with Gasteiger partial charge in [-0.25, -0.2) is 84.4 Å². The van der Waals surface area contributed by atoms with E-state index >= 15 is 0 Å². The zero-order valence-electron chi connectivity index (χ0n) is 84.2. The number of hydrogen-bond donors (Lipinski definition) is 0. The number of imidazole rings is 6. The second-order valence-electron chi connectivity index (χ2n) is 41.5. The molecular formula is C124H110N14O2Pt4. The minimum absolute atomic E-state index is 0. The Hall–Kier alpha value is -12.9. The monoisotopic (exact) mass is 2610 g/mol. The molecule has 0 aliphatic carbocycles. The van der Waals surface area contributed by atoms with E-state index < -0.39 is 21.7 Å². The summed E-state index contributed by atoms with van der Waals surface area (Å²) in [6.07, 6.45) is 16.3. The molecule has 4 aliphatic rings. The fourth-order valence-electron chi connectivity index (χ4n) is 19.3. The zero-order chi connectivity index (χ0) is 97.5. The number of rotatable bonds is 4. The third kappa shape index (κ3) is 18.4. The molecule has 0 amide bonds. The van der Waals surface area contributed by atoms with Gasteiger partial charge in [0.2, 0.25) is 0 Å². The molecule has 0 unspecified atom stereocenters. The van der Waals surface area contributed by atoms with Gasteiger partial charge in [0.1, 0.15) is 12.5 Å². The fraction of sp³-hybridized carbons (Fsp3) is 0.226. The van der Waals surface area contributed by atoms with Crippen molar-refractivity contribution >= 4 is 0 Å².